The van der Waals surface area contributed by atoms with Gasteiger partial charge in [-0.15, -0.1) is 12.4 Å². The Hall–Kier alpha value is 0.253. The molecule has 0 aromatic rings. The van der Waals surface area contributed by atoms with E-state index in [1.807, 2.05) is 0 Å². The van der Waals surface area contributed by atoms with Crippen molar-refractivity contribution in [2.45, 2.75) is 26.4 Å². The number of halogens is 1. The molecule has 0 unspecified atom stereocenters. The fourth-order valence-electron chi connectivity index (χ4n) is 0.342. The molecule has 0 aromatic carbocycles. The van der Waals surface area contributed by atoms with Gasteiger partial charge in [-0.25, -0.2) is 0 Å². The molecule has 0 aromatic heterocycles. The Bertz CT molecular complexity index is 98.4. The average molecular weight is 217 g/mol. The molecule has 0 saturated carbocycles. The molecule has 0 N–H and O–H groups in total. The predicted octanol–water partition coefficient (Wildman–Crippen LogP) is 1.58. The fraction of sp³-hybridized carbons (Fsp3) is 0.667. The van der Waals surface area contributed by atoms with Crippen LogP contribution < -0.4 is 0 Å². The van der Waals surface area contributed by atoms with E-state index in [-0.39, 0.29) is 31.9 Å². The molecule has 0 amide bonds. The van der Waals surface area contributed by atoms with Crippen molar-refractivity contribution < 1.29 is 29.0 Å². The van der Waals surface area contributed by atoms with E-state index in [0.29, 0.717) is 0 Å². The van der Waals surface area contributed by atoms with E-state index in [4.69, 9.17) is 0 Å². The van der Waals surface area contributed by atoms with Crippen LogP contribution in [0.5, 0.6) is 0 Å². The Balaban J connectivity index is -0.000000245. The van der Waals surface area contributed by atoms with Gasteiger partial charge in [0.15, 0.2) is 5.97 Å². The third-order valence-electron chi connectivity index (χ3n) is 0.420. The van der Waals surface area contributed by atoms with Crippen molar-refractivity contribution >= 4 is 18.4 Å². The molecule has 4 heteroatoms. The van der Waals surface area contributed by atoms with E-state index < -0.39 is 11.6 Å². The third-order valence-corrected chi connectivity index (χ3v) is 0.420. The summed E-state index contributed by atoms with van der Waals surface area (Å²) in [4.78, 5) is 10.1. The number of hydrogen-bond donors (Lipinski definition) is 0. The van der Waals surface area contributed by atoms with Crippen molar-refractivity contribution in [1.82, 2.24) is 0 Å². The second kappa shape index (κ2) is 6.00. The van der Waals surface area contributed by atoms with Crippen molar-refractivity contribution in [3.63, 3.8) is 0 Å². The van der Waals surface area contributed by atoms with Crippen molar-refractivity contribution in [3.8, 4) is 0 Å². The first-order valence-electron chi connectivity index (χ1n) is 2.47. The van der Waals surface area contributed by atoms with Crippen LogP contribution in [-0.4, -0.2) is 11.6 Å². The Kier molecular flexibility index (Phi) is 10.0. The summed E-state index contributed by atoms with van der Waals surface area (Å²) in [5.74, 6) is -0.475. The molecular formula is C6H12ClO2Zn-. The molecule has 0 aliphatic heterocycles. The Morgan fingerprint density at radius 3 is 1.70 bits per heavy atom. The summed E-state index contributed by atoms with van der Waals surface area (Å²) in [7, 11) is 0. The topological polar surface area (TPSA) is 26.3 Å². The molecule has 0 aliphatic rings. The molecular weight excluding hydrogens is 205 g/mol. The van der Waals surface area contributed by atoms with Crippen LogP contribution in [0.4, 0.5) is 0 Å². The summed E-state index contributed by atoms with van der Waals surface area (Å²) in [6, 6.07) is 0. The summed E-state index contributed by atoms with van der Waals surface area (Å²) in [5.41, 5.74) is -0.390. The normalized spacial score (nSPS) is 8.70. The van der Waals surface area contributed by atoms with Gasteiger partial charge >= 0.3 is 0 Å². The number of carbonyl (C=O) groups excluding carboxylic acids is 1. The maximum Gasteiger partial charge on any atom is 0.165 e. The Labute approximate surface area is 80.9 Å². The number of esters is 1. The number of ether oxygens (including phenoxy) is 1. The SMILES string of the molecule is Cl.[CH2-]C(=O)OC(C)(C)C.[Zn]. The maximum absolute atomic E-state index is 10.1. The molecule has 0 aliphatic carbocycles. The molecule has 10 heavy (non-hydrogen) atoms. The van der Waals surface area contributed by atoms with Crippen LogP contribution in [0.25, 0.3) is 0 Å². The Morgan fingerprint density at radius 2 is 1.70 bits per heavy atom. The zero-order valence-corrected chi connectivity index (χ0v) is 10.4. The van der Waals surface area contributed by atoms with Gasteiger partial charge in [0.1, 0.15) is 5.60 Å². The molecule has 58 valence electrons. The average Bonchev–Trinajstić information content (AvgIpc) is 1.21. The van der Waals surface area contributed by atoms with Gasteiger partial charge < -0.3 is 4.74 Å². The van der Waals surface area contributed by atoms with E-state index in [9.17, 15) is 4.79 Å². The number of carbonyl (C=O) groups is 1. The van der Waals surface area contributed by atoms with Gasteiger partial charge in [0, 0.05) is 19.5 Å². The fourth-order valence-corrected chi connectivity index (χ4v) is 0.342. The van der Waals surface area contributed by atoms with Crippen LogP contribution in [0.15, 0.2) is 0 Å². The van der Waals surface area contributed by atoms with Gasteiger partial charge in [0.2, 0.25) is 0 Å². The first-order chi connectivity index (χ1) is 3.42. The minimum atomic E-state index is -0.475. The quantitative estimate of drug-likeness (QED) is 0.349. The first-order valence-corrected chi connectivity index (χ1v) is 2.47. The Morgan fingerprint density at radius 1 is 1.40 bits per heavy atom. The van der Waals surface area contributed by atoms with Gasteiger partial charge in [-0.05, 0) is 20.8 Å². The summed E-state index contributed by atoms with van der Waals surface area (Å²) in [6.07, 6.45) is 0. The van der Waals surface area contributed by atoms with E-state index >= 15 is 0 Å². The van der Waals surface area contributed by atoms with Gasteiger partial charge in [-0.3, -0.25) is 11.7 Å². The molecule has 0 radical (unpaired) electrons. The smallest absolute Gasteiger partial charge is 0.165 e. The zero-order valence-electron chi connectivity index (χ0n) is 6.64. The van der Waals surface area contributed by atoms with Gasteiger partial charge in [0.05, 0.1) is 0 Å². The largest absolute Gasteiger partial charge is 0.483 e. The van der Waals surface area contributed by atoms with Crippen molar-refractivity contribution in [3.05, 3.63) is 6.92 Å². The summed E-state index contributed by atoms with van der Waals surface area (Å²) in [6.45, 7) is 8.47. The van der Waals surface area contributed by atoms with Crippen molar-refractivity contribution in [2.75, 3.05) is 0 Å². The monoisotopic (exact) mass is 215 g/mol. The van der Waals surface area contributed by atoms with Crippen LogP contribution >= 0.6 is 12.4 Å². The van der Waals surface area contributed by atoms with Gasteiger partial charge in [-0.2, -0.15) is 0 Å². The van der Waals surface area contributed by atoms with E-state index in [1.54, 1.807) is 20.8 Å². The molecule has 0 bridgehead atoms. The molecule has 2 nitrogen and oxygen atoms in total. The van der Waals surface area contributed by atoms with Crippen LogP contribution in [-0.2, 0) is 29.0 Å². The van der Waals surface area contributed by atoms with Crippen molar-refractivity contribution in [2.24, 2.45) is 0 Å². The molecule has 0 saturated heterocycles. The van der Waals surface area contributed by atoms with Crippen LogP contribution in [0.3, 0.4) is 0 Å². The van der Waals surface area contributed by atoms with E-state index in [1.165, 1.54) is 0 Å². The van der Waals surface area contributed by atoms with E-state index in [2.05, 4.69) is 11.7 Å². The van der Waals surface area contributed by atoms with Crippen molar-refractivity contribution in [1.29, 1.82) is 0 Å². The summed E-state index contributed by atoms with van der Waals surface area (Å²) in [5, 5.41) is 0. The zero-order chi connectivity index (χ0) is 6.78. The summed E-state index contributed by atoms with van der Waals surface area (Å²) >= 11 is 0. The number of hydrogen-bond acceptors (Lipinski definition) is 2. The molecule has 0 atom stereocenters. The molecule has 0 spiro atoms. The number of rotatable bonds is 0. The molecule has 0 rings (SSSR count). The van der Waals surface area contributed by atoms with E-state index in [0.717, 1.165) is 0 Å². The molecule has 0 fully saturated rings. The standard InChI is InChI=1S/C6H11O2.ClH.Zn/c1-5(7)8-6(2,3)4;;/h1H2,2-4H3;1H;/q-1;;. The minimum Gasteiger partial charge on any atom is -0.483 e. The van der Waals surface area contributed by atoms with Gasteiger partial charge in [0.25, 0.3) is 0 Å². The second-order valence-corrected chi connectivity index (χ2v) is 2.59. The molecule has 0 heterocycles. The van der Waals surface area contributed by atoms with Gasteiger partial charge in [-0.1, -0.05) is 0 Å². The first kappa shape index (κ1) is 16.7. The van der Waals surface area contributed by atoms with Crippen LogP contribution in [0.2, 0.25) is 0 Å². The summed E-state index contributed by atoms with van der Waals surface area (Å²) < 4.78 is 4.69. The second-order valence-electron chi connectivity index (χ2n) is 2.59. The predicted molar refractivity (Wildman–Crippen MR) is 38.5 cm³/mol. The third kappa shape index (κ3) is 15.7. The maximum atomic E-state index is 10.1. The van der Waals surface area contributed by atoms with Crippen LogP contribution in [0, 0.1) is 6.92 Å². The van der Waals surface area contributed by atoms with Crippen LogP contribution in [0.1, 0.15) is 20.8 Å². The minimum absolute atomic E-state index is 0.